The highest BCUT2D eigenvalue weighted by Crippen LogP contribution is 2.37. The van der Waals surface area contributed by atoms with Crippen LogP contribution in [0.15, 0.2) is 29.2 Å². The summed E-state index contributed by atoms with van der Waals surface area (Å²) in [4.78, 5) is 2.86. The lowest BCUT2D eigenvalue weighted by Gasteiger charge is -2.29. The molecule has 0 N–H and O–H groups in total. The fraction of sp³-hybridized carbons (Fsp3) is 0.684. The lowest BCUT2D eigenvalue weighted by atomic mass is 9.78. The van der Waals surface area contributed by atoms with Gasteiger partial charge in [0.2, 0.25) is 10.0 Å². The molecule has 2 aliphatic rings. The third kappa shape index (κ3) is 4.08. The van der Waals surface area contributed by atoms with Crippen molar-refractivity contribution in [3.8, 4) is 0 Å². The topological polar surface area (TPSA) is 49.9 Å². The Morgan fingerprint density at radius 1 is 1.12 bits per heavy atom. The van der Waals surface area contributed by atoms with E-state index in [0.717, 1.165) is 19.6 Å². The first-order valence-electron chi connectivity index (χ1n) is 9.20. The van der Waals surface area contributed by atoms with E-state index in [1.54, 1.807) is 12.1 Å². The largest absolute Gasteiger partial charge is 0.379 e. The van der Waals surface area contributed by atoms with Crippen molar-refractivity contribution < 1.29 is 13.2 Å². The number of hydrogen-bond acceptors (Lipinski definition) is 4. The zero-order valence-electron chi connectivity index (χ0n) is 15.6. The van der Waals surface area contributed by atoms with Crippen molar-refractivity contribution in [3.63, 3.8) is 0 Å². The second kappa shape index (κ2) is 7.35. The summed E-state index contributed by atoms with van der Waals surface area (Å²) in [5, 5.41) is 0. The minimum absolute atomic E-state index is 0.381. The maximum Gasteiger partial charge on any atom is 0.243 e. The molecule has 1 aromatic rings. The third-order valence-corrected chi connectivity index (χ3v) is 7.83. The zero-order valence-corrected chi connectivity index (χ0v) is 16.4. The Labute approximate surface area is 152 Å². The summed E-state index contributed by atoms with van der Waals surface area (Å²) in [7, 11) is -3.40. The van der Waals surface area contributed by atoms with E-state index in [1.165, 1.54) is 16.3 Å². The average molecular weight is 367 g/mol. The molecular formula is C19H30N2O3S. The molecule has 2 aliphatic heterocycles. The van der Waals surface area contributed by atoms with Crippen LogP contribution in [0.2, 0.25) is 0 Å². The molecule has 0 amide bonds. The molecule has 2 saturated heterocycles. The monoisotopic (exact) mass is 366 g/mol. The number of nitrogens with zero attached hydrogens (tertiary/aromatic N) is 2. The van der Waals surface area contributed by atoms with Gasteiger partial charge in [-0.1, -0.05) is 32.9 Å². The van der Waals surface area contributed by atoms with Gasteiger partial charge in [0, 0.05) is 26.2 Å². The highest BCUT2D eigenvalue weighted by atomic mass is 32.2. The molecule has 2 fully saturated rings. The first-order chi connectivity index (χ1) is 11.8. The van der Waals surface area contributed by atoms with Crippen molar-refractivity contribution in [1.82, 2.24) is 9.21 Å². The van der Waals surface area contributed by atoms with E-state index in [9.17, 15) is 8.42 Å². The zero-order chi connectivity index (χ0) is 18.1. The highest BCUT2D eigenvalue weighted by Gasteiger charge is 2.36. The molecular weight excluding hydrogens is 336 g/mol. The minimum Gasteiger partial charge on any atom is -0.379 e. The van der Waals surface area contributed by atoms with E-state index in [1.807, 2.05) is 12.1 Å². The SMILES string of the molecule is CC(C)C1(C)CCN(Cc2ccc(S(=O)(=O)N3CCOCC3)cc2)C1. The number of ether oxygens (including phenoxy) is 1. The normalized spacial score (nSPS) is 26.4. The van der Waals surface area contributed by atoms with Gasteiger partial charge in [-0.15, -0.1) is 0 Å². The average Bonchev–Trinajstić information content (AvgIpc) is 2.98. The standard InChI is InChI=1S/C19H30N2O3S/c1-16(2)19(3)8-9-20(15-19)14-17-4-6-18(7-5-17)25(22,23)21-10-12-24-13-11-21/h4-7,16H,8-15H2,1-3H3. The van der Waals surface area contributed by atoms with Crippen LogP contribution in [0.4, 0.5) is 0 Å². The van der Waals surface area contributed by atoms with Crippen LogP contribution in [0.25, 0.3) is 0 Å². The van der Waals surface area contributed by atoms with Gasteiger partial charge in [-0.3, -0.25) is 4.90 Å². The van der Waals surface area contributed by atoms with E-state index in [0.29, 0.717) is 42.5 Å². The Balaban J connectivity index is 1.65. The fourth-order valence-corrected chi connectivity index (χ4v) is 5.06. The van der Waals surface area contributed by atoms with Crippen LogP contribution in [0.5, 0.6) is 0 Å². The van der Waals surface area contributed by atoms with Crippen molar-refractivity contribution in [1.29, 1.82) is 0 Å². The molecule has 1 aromatic carbocycles. The second-order valence-electron chi connectivity index (χ2n) is 7.93. The number of benzene rings is 1. The number of likely N-dealkylation sites (tertiary alicyclic amines) is 1. The van der Waals surface area contributed by atoms with Crippen molar-refractivity contribution in [2.24, 2.45) is 11.3 Å². The Morgan fingerprint density at radius 2 is 1.76 bits per heavy atom. The molecule has 6 heteroatoms. The summed E-state index contributed by atoms with van der Waals surface area (Å²) in [6.07, 6.45) is 1.23. The molecule has 3 rings (SSSR count). The smallest absolute Gasteiger partial charge is 0.243 e. The lowest BCUT2D eigenvalue weighted by Crippen LogP contribution is -2.40. The lowest BCUT2D eigenvalue weighted by molar-refractivity contribution is 0.0730. The molecule has 140 valence electrons. The molecule has 25 heavy (non-hydrogen) atoms. The summed E-state index contributed by atoms with van der Waals surface area (Å²) >= 11 is 0. The Kier molecular flexibility index (Phi) is 5.54. The molecule has 0 bridgehead atoms. The molecule has 2 heterocycles. The quantitative estimate of drug-likeness (QED) is 0.804. The maximum absolute atomic E-state index is 12.7. The van der Waals surface area contributed by atoms with Crippen LogP contribution in [0.1, 0.15) is 32.8 Å². The summed E-state index contributed by atoms with van der Waals surface area (Å²) < 4.78 is 32.1. The summed E-state index contributed by atoms with van der Waals surface area (Å²) in [6.45, 7) is 11.9. The number of sulfonamides is 1. The van der Waals surface area contributed by atoms with Gasteiger partial charge in [-0.05, 0) is 42.0 Å². The molecule has 0 aromatic heterocycles. The van der Waals surface area contributed by atoms with Crippen LogP contribution in [-0.4, -0.2) is 57.0 Å². The molecule has 0 saturated carbocycles. The highest BCUT2D eigenvalue weighted by molar-refractivity contribution is 7.89. The number of hydrogen-bond donors (Lipinski definition) is 0. The first-order valence-corrected chi connectivity index (χ1v) is 10.6. The minimum atomic E-state index is -3.40. The Bertz CT molecular complexity index is 681. The van der Waals surface area contributed by atoms with Crippen LogP contribution in [0.3, 0.4) is 0 Å². The van der Waals surface area contributed by atoms with Gasteiger partial charge < -0.3 is 4.74 Å². The van der Waals surface area contributed by atoms with Crippen molar-refractivity contribution in [3.05, 3.63) is 29.8 Å². The van der Waals surface area contributed by atoms with Crippen LogP contribution in [0, 0.1) is 11.3 Å². The van der Waals surface area contributed by atoms with Gasteiger partial charge in [0.15, 0.2) is 0 Å². The molecule has 1 atom stereocenters. The Hall–Kier alpha value is -0.950. The molecule has 1 unspecified atom stereocenters. The van der Waals surface area contributed by atoms with Crippen LogP contribution in [-0.2, 0) is 21.3 Å². The van der Waals surface area contributed by atoms with Crippen molar-refractivity contribution in [2.75, 3.05) is 39.4 Å². The number of rotatable bonds is 5. The van der Waals surface area contributed by atoms with Gasteiger partial charge in [-0.2, -0.15) is 4.31 Å². The van der Waals surface area contributed by atoms with E-state index in [-0.39, 0.29) is 0 Å². The molecule has 0 spiro atoms. The molecule has 0 radical (unpaired) electrons. The van der Waals surface area contributed by atoms with Crippen molar-refractivity contribution >= 4 is 10.0 Å². The van der Waals surface area contributed by atoms with Gasteiger partial charge in [-0.25, -0.2) is 8.42 Å². The van der Waals surface area contributed by atoms with Gasteiger partial charge >= 0.3 is 0 Å². The van der Waals surface area contributed by atoms with E-state index in [4.69, 9.17) is 4.74 Å². The number of morpholine rings is 1. The summed E-state index contributed by atoms with van der Waals surface area (Å²) in [5.74, 6) is 0.679. The van der Waals surface area contributed by atoms with Crippen LogP contribution >= 0.6 is 0 Å². The predicted octanol–water partition coefficient (Wildman–Crippen LogP) is 2.58. The van der Waals surface area contributed by atoms with Crippen molar-refractivity contribution in [2.45, 2.75) is 38.6 Å². The van der Waals surface area contributed by atoms with E-state index in [2.05, 4.69) is 25.7 Å². The van der Waals surface area contributed by atoms with E-state index < -0.39 is 10.0 Å². The Morgan fingerprint density at radius 3 is 2.32 bits per heavy atom. The first kappa shape index (κ1) is 18.8. The second-order valence-corrected chi connectivity index (χ2v) is 9.87. The van der Waals surface area contributed by atoms with Gasteiger partial charge in [0.25, 0.3) is 0 Å². The maximum atomic E-state index is 12.7. The molecule has 5 nitrogen and oxygen atoms in total. The van der Waals surface area contributed by atoms with Gasteiger partial charge in [0.05, 0.1) is 18.1 Å². The third-order valence-electron chi connectivity index (χ3n) is 5.92. The molecule has 0 aliphatic carbocycles. The van der Waals surface area contributed by atoms with Crippen LogP contribution < -0.4 is 0 Å². The van der Waals surface area contributed by atoms with Gasteiger partial charge in [0.1, 0.15) is 0 Å². The predicted molar refractivity (Wildman–Crippen MR) is 98.9 cm³/mol. The summed E-state index contributed by atoms with van der Waals surface area (Å²) in [5.41, 5.74) is 1.56. The fourth-order valence-electron chi connectivity index (χ4n) is 3.65. The summed E-state index contributed by atoms with van der Waals surface area (Å²) in [6, 6.07) is 7.41. The van der Waals surface area contributed by atoms with E-state index >= 15 is 0 Å².